The van der Waals surface area contributed by atoms with Crippen molar-refractivity contribution in [2.45, 2.75) is 94.3 Å². The minimum absolute atomic E-state index is 0.00133. The number of fused-ring (bicyclic) bond motifs is 2. The monoisotopic (exact) mass is 581 g/mol. The molecule has 3 fully saturated rings. The number of nitrogens with zero attached hydrogens (tertiary/aromatic N) is 3. The Labute approximate surface area is 231 Å². The van der Waals surface area contributed by atoms with E-state index < -0.39 is 20.0 Å². The molecule has 0 radical (unpaired) electrons. The standard InChI is InChI=1S/C27H36ClN3O5S2/c1-19-16-27(20(2)15-26(19)28)38(34,35)30-13-3-5-21(30)6-4-14-37(32,33)31-22-7-8-23(31)18-25(17-22)36-24-9-11-29-12-10-24/h9-12,15-16,21-23,25H,3-8,13-14,17-18H2,1-2H3/t21-,22?,23?,25?/m0/s1. The van der Waals surface area contributed by atoms with Crippen LogP contribution in [0, 0.1) is 13.8 Å². The fraction of sp³-hybridized carbons (Fsp3) is 0.593. The van der Waals surface area contributed by atoms with Crippen LogP contribution in [0.15, 0.2) is 41.6 Å². The lowest BCUT2D eigenvalue weighted by atomic mass is 10.0. The number of hydrogen-bond acceptors (Lipinski definition) is 6. The summed E-state index contributed by atoms with van der Waals surface area (Å²) in [5.41, 5.74) is 1.35. The Balaban J connectivity index is 1.20. The lowest BCUT2D eigenvalue weighted by Crippen LogP contribution is -2.50. The minimum atomic E-state index is -3.69. The van der Waals surface area contributed by atoms with Crippen LogP contribution in [0.5, 0.6) is 5.75 Å². The van der Waals surface area contributed by atoms with Gasteiger partial charge >= 0.3 is 0 Å². The average Bonchev–Trinajstić information content (AvgIpc) is 3.45. The zero-order valence-electron chi connectivity index (χ0n) is 21.9. The Bertz CT molecular complexity index is 1360. The van der Waals surface area contributed by atoms with Crippen LogP contribution in [0.1, 0.15) is 62.5 Å². The number of halogens is 1. The number of rotatable bonds is 9. The van der Waals surface area contributed by atoms with Gasteiger partial charge in [-0.1, -0.05) is 11.6 Å². The molecule has 4 heterocycles. The third kappa shape index (κ3) is 5.61. The summed E-state index contributed by atoms with van der Waals surface area (Å²) >= 11 is 6.19. The van der Waals surface area contributed by atoms with Crippen LogP contribution >= 0.6 is 11.6 Å². The highest BCUT2D eigenvalue weighted by Gasteiger charge is 2.47. The molecule has 3 saturated heterocycles. The maximum atomic E-state index is 13.5. The van der Waals surface area contributed by atoms with Crippen LogP contribution in [-0.4, -0.2) is 67.0 Å². The molecular formula is C27H36ClN3O5S2. The van der Waals surface area contributed by atoms with Gasteiger partial charge in [0.15, 0.2) is 0 Å². The first-order chi connectivity index (χ1) is 18.1. The van der Waals surface area contributed by atoms with E-state index in [4.69, 9.17) is 16.3 Å². The molecule has 2 unspecified atom stereocenters. The Morgan fingerprint density at radius 1 is 1.00 bits per heavy atom. The zero-order chi connectivity index (χ0) is 27.1. The van der Waals surface area contributed by atoms with Gasteiger partial charge in [-0.15, -0.1) is 0 Å². The van der Waals surface area contributed by atoms with Crippen LogP contribution in [0.25, 0.3) is 0 Å². The Morgan fingerprint density at radius 2 is 1.68 bits per heavy atom. The first kappa shape index (κ1) is 27.8. The summed E-state index contributed by atoms with van der Waals surface area (Å²) in [6.45, 7) is 4.01. The van der Waals surface area contributed by atoms with Crippen molar-refractivity contribution in [1.29, 1.82) is 0 Å². The molecule has 1 aromatic heterocycles. The topological polar surface area (TPSA) is 96.9 Å². The number of aromatic nitrogens is 1. The average molecular weight is 582 g/mol. The maximum Gasteiger partial charge on any atom is 0.243 e. The SMILES string of the molecule is Cc1cc(S(=O)(=O)N2CCC[C@H]2CCCS(=O)(=O)N2C3CCC2CC(Oc2ccncc2)C3)c(C)cc1Cl. The van der Waals surface area contributed by atoms with Crippen molar-refractivity contribution < 1.29 is 21.6 Å². The Kier molecular flexibility index (Phi) is 8.09. The van der Waals surface area contributed by atoms with Crippen molar-refractivity contribution in [3.63, 3.8) is 0 Å². The predicted molar refractivity (Wildman–Crippen MR) is 147 cm³/mol. The van der Waals surface area contributed by atoms with Crippen molar-refractivity contribution in [2.24, 2.45) is 0 Å². The predicted octanol–water partition coefficient (Wildman–Crippen LogP) is 4.69. The summed E-state index contributed by atoms with van der Waals surface area (Å²) in [5.74, 6) is 0.806. The molecule has 1 aromatic carbocycles. The highest BCUT2D eigenvalue weighted by Crippen LogP contribution is 2.40. The smallest absolute Gasteiger partial charge is 0.243 e. The second kappa shape index (κ2) is 11.0. The molecule has 2 aromatic rings. The van der Waals surface area contributed by atoms with Gasteiger partial charge < -0.3 is 4.74 Å². The number of pyridine rings is 1. The quantitative estimate of drug-likeness (QED) is 0.426. The van der Waals surface area contributed by atoms with Crippen molar-refractivity contribution in [3.8, 4) is 5.75 Å². The first-order valence-corrected chi connectivity index (χ1v) is 16.9. The number of benzene rings is 1. The molecule has 11 heteroatoms. The fourth-order valence-electron chi connectivity index (χ4n) is 6.42. The van der Waals surface area contributed by atoms with Crippen LogP contribution in [0.4, 0.5) is 0 Å². The van der Waals surface area contributed by atoms with Crippen LogP contribution in [-0.2, 0) is 20.0 Å². The van der Waals surface area contributed by atoms with Gasteiger partial charge in [0.1, 0.15) is 11.9 Å². The first-order valence-electron chi connectivity index (χ1n) is 13.4. The van der Waals surface area contributed by atoms with E-state index in [9.17, 15) is 16.8 Å². The van der Waals surface area contributed by atoms with E-state index in [2.05, 4.69) is 4.98 Å². The van der Waals surface area contributed by atoms with Gasteiger partial charge in [-0.25, -0.2) is 16.8 Å². The number of aryl methyl sites for hydroxylation is 2. The lowest BCUT2D eigenvalue weighted by Gasteiger charge is -2.38. The zero-order valence-corrected chi connectivity index (χ0v) is 24.3. The van der Waals surface area contributed by atoms with E-state index in [1.165, 1.54) is 0 Å². The molecule has 3 aliphatic rings. The van der Waals surface area contributed by atoms with Crippen molar-refractivity contribution in [3.05, 3.63) is 52.8 Å². The molecule has 0 amide bonds. The number of ether oxygens (including phenoxy) is 1. The summed E-state index contributed by atoms with van der Waals surface area (Å²) in [5, 5.41) is 0.548. The molecule has 38 heavy (non-hydrogen) atoms. The fourth-order valence-corrected chi connectivity index (χ4v) is 10.7. The van der Waals surface area contributed by atoms with Crippen molar-refractivity contribution in [1.82, 2.24) is 13.6 Å². The van der Waals surface area contributed by atoms with E-state index >= 15 is 0 Å². The summed E-state index contributed by atoms with van der Waals surface area (Å²) in [4.78, 5) is 4.30. The summed E-state index contributed by atoms with van der Waals surface area (Å²) in [6.07, 6.45) is 8.95. The van der Waals surface area contributed by atoms with Crippen LogP contribution < -0.4 is 4.74 Å². The summed E-state index contributed by atoms with van der Waals surface area (Å²) in [6, 6.07) is 6.72. The number of sulfonamides is 2. The second-order valence-electron chi connectivity index (χ2n) is 10.8. The molecule has 2 bridgehead atoms. The molecule has 0 spiro atoms. The van der Waals surface area contributed by atoms with Crippen LogP contribution in [0.2, 0.25) is 5.02 Å². The maximum absolute atomic E-state index is 13.5. The minimum Gasteiger partial charge on any atom is -0.490 e. The van der Waals surface area contributed by atoms with Crippen molar-refractivity contribution in [2.75, 3.05) is 12.3 Å². The van der Waals surface area contributed by atoms with E-state index in [0.29, 0.717) is 42.8 Å². The van der Waals surface area contributed by atoms with Gasteiger partial charge in [0.2, 0.25) is 20.0 Å². The molecule has 208 valence electrons. The second-order valence-corrected chi connectivity index (χ2v) is 15.1. The van der Waals surface area contributed by atoms with E-state index in [-0.39, 0.29) is 34.9 Å². The molecule has 5 rings (SSSR count). The third-order valence-electron chi connectivity index (χ3n) is 8.20. The van der Waals surface area contributed by atoms with Gasteiger partial charge in [-0.3, -0.25) is 4.98 Å². The largest absolute Gasteiger partial charge is 0.490 e. The summed E-state index contributed by atoms with van der Waals surface area (Å²) in [7, 11) is -7.13. The third-order valence-corrected chi connectivity index (χ3v) is 12.7. The Hall–Kier alpha value is -1.72. The molecule has 0 saturated carbocycles. The highest BCUT2D eigenvalue weighted by atomic mass is 35.5. The van der Waals surface area contributed by atoms with E-state index in [1.807, 2.05) is 12.1 Å². The van der Waals surface area contributed by atoms with Crippen molar-refractivity contribution >= 4 is 31.6 Å². The van der Waals surface area contributed by atoms with Gasteiger partial charge in [0.05, 0.1) is 10.6 Å². The van der Waals surface area contributed by atoms with Gasteiger partial charge in [0, 0.05) is 54.9 Å². The van der Waals surface area contributed by atoms with Gasteiger partial charge in [-0.05, 0) is 87.8 Å². The van der Waals surface area contributed by atoms with E-state index in [0.717, 1.165) is 37.0 Å². The van der Waals surface area contributed by atoms with Gasteiger partial charge in [-0.2, -0.15) is 8.61 Å². The molecule has 0 aliphatic carbocycles. The van der Waals surface area contributed by atoms with Crippen LogP contribution in [0.3, 0.4) is 0 Å². The number of piperidine rings is 1. The highest BCUT2D eigenvalue weighted by molar-refractivity contribution is 7.89. The number of hydrogen-bond donors (Lipinski definition) is 0. The normalized spacial score (nSPS) is 26.6. The molecule has 8 nitrogen and oxygen atoms in total. The molecule has 3 atom stereocenters. The summed E-state index contributed by atoms with van der Waals surface area (Å²) < 4.78 is 63.4. The Morgan fingerprint density at radius 3 is 2.37 bits per heavy atom. The lowest BCUT2D eigenvalue weighted by molar-refractivity contribution is 0.0956. The molecule has 3 aliphatic heterocycles. The van der Waals surface area contributed by atoms with Gasteiger partial charge in [0.25, 0.3) is 0 Å². The van der Waals surface area contributed by atoms with E-state index in [1.54, 1.807) is 47.0 Å². The molecular weight excluding hydrogens is 546 g/mol. The molecule has 0 N–H and O–H groups in total.